The summed E-state index contributed by atoms with van der Waals surface area (Å²) in [6.07, 6.45) is 1.20. The molecular weight excluding hydrogens is 129 g/mol. The van der Waals surface area contributed by atoms with Crippen molar-refractivity contribution >= 4 is 0 Å². The summed E-state index contributed by atoms with van der Waals surface area (Å²) >= 11 is 0. The quantitative estimate of drug-likeness (QED) is 0.537. The first-order valence-corrected chi connectivity index (χ1v) is 4.10. The Morgan fingerprint density at radius 1 is 1.50 bits per heavy atom. The SMILES string of the molecule is CCN1CC2(CC(F)C2)C1. The number of alkyl halides is 1. The van der Waals surface area contributed by atoms with Crippen LogP contribution in [0, 0.1) is 5.41 Å². The van der Waals surface area contributed by atoms with Crippen LogP contribution < -0.4 is 0 Å². The zero-order valence-corrected chi connectivity index (χ0v) is 6.44. The maximum Gasteiger partial charge on any atom is 0.101 e. The first kappa shape index (κ1) is 6.59. The molecule has 2 heteroatoms. The molecule has 1 aliphatic heterocycles. The van der Waals surface area contributed by atoms with E-state index in [1.54, 1.807) is 0 Å². The molecule has 1 spiro atoms. The standard InChI is InChI=1S/C8H14FN/c1-2-10-5-8(6-10)3-7(9)4-8/h7H,2-6H2,1H3. The van der Waals surface area contributed by atoms with E-state index in [0.717, 1.165) is 32.5 Å². The number of hydrogen-bond acceptors (Lipinski definition) is 1. The fourth-order valence-electron chi connectivity index (χ4n) is 2.26. The maximum absolute atomic E-state index is 12.4. The Bertz CT molecular complexity index is 132. The Kier molecular flexibility index (Phi) is 1.28. The number of likely N-dealkylation sites (tertiary alicyclic amines) is 1. The molecule has 1 aliphatic carbocycles. The van der Waals surface area contributed by atoms with Gasteiger partial charge in [0.1, 0.15) is 6.17 Å². The highest BCUT2D eigenvalue weighted by Crippen LogP contribution is 2.49. The smallest absolute Gasteiger partial charge is 0.101 e. The molecule has 0 N–H and O–H groups in total. The predicted molar refractivity (Wildman–Crippen MR) is 38.7 cm³/mol. The topological polar surface area (TPSA) is 3.24 Å². The minimum atomic E-state index is -0.473. The van der Waals surface area contributed by atoms with Crippen LogP contribution >= 0.6 is 0 Å². The van der Waals surface area contributed by atoms with Gasteiger partial charge in [-0.15, -0.1) is 0 Å². The molecule has 0 amide bonds. The Hall–Kier alpha value is -0.110. The molecule has 1 heterocycles. The van der Waals surface area contributed by atoms with E-state index < -0.39 is 6.17 Å². The van der Waals surface area contributed by atoms with Crippen molar-refractivity contribution in [1.29, 1.82) is 0 Å². The van der Waals surface area contributed by atoms with Gasteiger partial charge in [0.2, 0.25) is 0 Å². The van der Waals surface area contributed by atoms with E-state index in [9.17, 15) is 4.39 Å². The highest BCUT2D eigenvalue weighted by molar-refractivity contribution is 5.04. The predicted octanol–water partition coefficient (Wildman–Crippen LogP) is 1.44. The molecular formula is C8H14FN. The van der Waals surface area contributed by atoms with Crippen molar-refractivity contribution in [1.82, 2.24) is 4.90 Å². The second-order valence-electron chi connectivity index (χ2n) is 3.81. The Labute approximate surface area is 61.2 Å². The first-order chi connectivity index (χ1) is 4.74. The number of rotatable bonds is 1. The van der Waals surface area contributed by atoms with Crippen LogP contribution in [0.5, 0.6) is 0 Å². The lowest BCUT2D eigenvalue weighted by molar-refractivity contribution is -0.0995. The molecule has 0 aromatic heterocycles. The molecule has 58 valence electrons. The summed E-state index contributed by atoms with van der Waals surface area (Å²) in [5.74, 6) is 0. The summed E-state index contributed by atoms with van der Waals surface area (Å²) in [4.78, 5) is 2.38. The molecule has 2 fully saturated rings. The molecule has 0 aromatic rings. The second-order valence-corrected chi connectivity index (χ2v) is 3.81. The van der Waals surface area contributed by atoms with Crippen LogP contribution in [-0.2, 0) is 0 Å². The number of halogens is 1. The van der Waals surface area contributed by atoms with Crippen LogP contribution in [0.3, 0.4) is 0 Å². The minimum absolute atomic E-state index is 0.440. The summed E-state index contributed by atoms with van der Waals surface area (Å²) < 4.78 is 12.4. The third kappa shape index (κ3) is 0.782. The zero-order chi connectivity index (χ0) is 7.19. The van der Waals surface area contributed by atoms with Crippen molar-refractivity contribution in [3.63, 3.8) is 0 Å². The van der Waals surface area contributed by atoms with Crippen LogP contribution in [0.4, 0.5) is 4.39 Å². The van der Waals surface area contributed by atoms with E-state index in [4.69, 9.17) is 0 Å². The van der Waals surface area contributed by atoms with Gasteiger partial charge in [-0.05, 0) is 19.4 Å². The molecule has 0 atom stereocenters. The van der Waals surface area contributed by atoms with Crippen molar-refractivity contribution < 1.29 is 4.39 Å². The van der Waals surface area contributed by atoms with Crippen LogP contribution in [0.1, 0.15) is 19.8 Å². The molecule has 10 heavy (non-hydrogen) atoms. The van der Waals surface area contributed by atoms with Gasteiger partial charge in [-0.2, -0.15) is 0 Å². The average molecular weight is 143 g/mol. The lowest BCUT2D eigenvalue weighted by atomic mass is 9.62. The van der Waals surface area contributed by atoms with Crippen LogP contribution in [0.25, 0.3) is 0 Å². The van der Waals surface area contributed by atoms with Crippen molar-refractivity contribution in [2.24, 2.45) is 5.41 Å². The maximum atomic E-state index is 12.4. The van der Waals surface area contributed by atoms with E-state index in [0.29, 0.717) is 5.41 Å². The van der Waals surface area contributed by atoms with Crippen molar-refractivity contribution in [2.45, 2.75) is 25.9 Å². The highest BCUT2D eigenvalue weighted by Gasteiger charge is 2.51. The molecule has 1 nitrogen and oxygen atoms in total. The van der Waals surface area contributed by atoms with Crippen LogP contribution in [0.2, 0.25) is 0 Å². The lowest BCUT2D eigenvalue weighted by Gasteiger charge is -2.57. The van der Waals surface area contributed by atoms with Gasteiger partial charge in [0, 0.05) is 18.5 Å². The molecule has 0 bridgehead atoms. The van der Waals surface area contributed by atoms with Gasteiger partial charge in [0.25, 0.3) is 0 Å². The first-order valence-electron chi connectivity index (χ1n) is 4.10. The third-order valence-electron chi connectivity index (χ3n) is 2.87. The summed E-state index contributed by atoms with van der Waals surface area (Å²) in [5, 5.41) is 0. The average Bonchev–Trinajstić information content (AvgIpc) is 1.74. The Morgan fingerprint density at radius 3 is 2.50 bits per heavy atom. The minimum Gasteiger partial charge on any atom is -0.302 e. The monoisotopic (exact) mass is 143 g/mol. The van der Waals surface area contributed by atoms with Gasteiger partial charge in [-0.1, -0.05) is 6.92 Å². The van der Waals surface area contributed by atoms with Gasteiger partial charge < -0.3 is 4.90 Å². The van der Waals surface area contributed by atoms with E-state index in [1.807, 2.05) is 0 Å². The summed E-state index contributed by atoms with van der Waals surface area (Å²) in [6, 6.07) is 0. The Balaban J connectivity index is 1.80. The summed E-state index contributed by atoms with van der Waals surface area (Å²) in [7, 11) is 0. The molecule has 0 unspecified atom stereocenters. The van der Waals surface area contributed by atoms with Crippen LogP contribution in [0.15, 0.2) is 0 Å². The van der Waals surface area contributed by atoms with Gasteiger partial charge >= 0.3 is 0 Å². The van der Waals surface area contributed by atoms with Crippen molar-refractivity contribution in [2.75, 3.05) is 19.6 Å². The number of nitrogens with zero attached hydrogens (tertiary/aromatic N) is 1. The fourth-order valence-corrected chi connectivity index (χ4v) is 2.26. The second kappa shape index (κ2) is 1.94. The molecule has 2 aliphatic rings. The third-order valence-corrected chi connectivity index (χ3v) is 2.87. The van der Waals surface area contributed by atoms with Crippen molar-refractivity contribution in [3.8, 4) is 0 Å². The highest BCUT2D eigenvalue weighted by atomic mass is 19.1. The fraction of sp³-hybridized carbons (Fsp3) is 1.00. The van der Waals surface area contributed by atoms with Gasteiger partial charge in [-0.3, -0.25) is 0 Å². The lowest BCUT2D eigenvalue weighted by Crippen LogP contribution is -2.62. The van der Waals surface area contributed by atoms with E-state index in [-0.39, 0.29) is 0 Å². The summed E-state index contributed by atoms with van der Waals surface area (Å²) in [6.45, 7) is 5.62. The van der Waals surface area contributed by atoms with Gasteiger partial charge in [-0.25, -0.2) is 4.39 Å². The van der Waals surface area contributed by atoms with E-state index in [1.165, 1.54) is 0 Å². The molecule has 0 radical (unpaired) electrons. The molecule has 1 saturated heterocycles. The Morgan fingerprint density at radius 2 is 2.10 bits per heavy atom. The zero-order valence-electron chi connectivity index (χ0n) is 6.44. The van der Waals surface area contributed by atoms with Crippen molar-refractivity contribution in [3.05, 3.63) is 0 Å². The van der Waals surface area contributed by atoms with Gasteiger partial charge in [0.15, 0.2) is 0 Å². The van der Waals surface area contributed by atoms with Gasteiger partial charge in [0.05, 0.1) is 0 Å². The summed E-state index contributed by atoms with van der Waals surface area (Å²) in [5.41, 5.74) is 0.440. The normalized spacial score (nSPS) is 31.8. The number of hydrogen-bond donors (Lipinski definition) is 0. The molecule has 2 rings (SSSR count). The molecule has 0 aromatic carbocycles. The molecule has 1 saturated carbocycles. The van der Waals surface area contributed by atoms with Crippen LogP contribution in [-0.4, -0.2) is 30.7 Å². The largest absolute Gasteiger partial charge is 0.302 e. The van der Waals surface area contributed by atoms with E-state index in [2.05, 4.69) is 11.8 Å². The van der Waals surface area contributed by atoms with E-state index >= 15 is 0 Å².